The van der Waals surface area contributed by atoms with Crippen molar-refractivity contribution < 1.29 is 41.7 Å². The van der Waals surface area contributed by atoms with Crippen molar-refractivity contribution >= 4 is 27.5 Å². The average Bonchev–Trinajstić information content (AvgIpc) is 3.05. The molecule has 3 aromatic rings. The third-order valence-corrected chi connectivity index (χ3v) is 8.75. The number of hydrogen-bond donors (Lipinski definition) is 1. The van der Waals surface area contributed by atoms with Gasteiger partial charge in [-0.25, -0.2) is 8.42 Å². The van der Waals surface area contributed by atoms with Crippen LogP contribution in [0.4, 0.5) is 5.69 Å². The van der Waals surface area contributed by atoms with Crippen molar-refractivity contribution in [3.63, 3.8) is 0 Å². The summed E-state index contributed by atoms with van der Waals surface area (Å²) in [7, 11) is 4.22. The quantitative estimate of drug-likeness (QED) is 0.268. The summed E-state index contributed by atoms with van der Waals surface area (Å²) in [6.07, 6.45) is 0.278. The molecule has 0 fully saturated rings. The van der Waals surface area contributed by atoms with Crippen LogP contribution in [-0.4, -0.2) is 80.3 Å². The molecule has 13 heteroatoms. The van der Waals surface area contributed by atoms with E-state index in [-0.39, 0.29) is 35.0 Å². The summed E-state index contributed by atoms with van der Waals surface area (Å²) >= 11 is 0. The summed E-state index contributed by atoms with van der Waals surface area (Å²) in [5, 5.41) is 2.61. The van der Waals surface area contributed by atoms with Crippen LogP contribution in [-0.2, 0) is 26.2 Å². The monoisotopic (exact) mass is 629 g/mol. The van der Waals surface area contributed by atoms with E-state index in [2.05, 4.69) is 5.32 Å². The smallest absolute Gasteiger partial charge is 0.265 e. The molecule has 12 nitrogen and oxygen atoms in total. The lowest BCUT2D eigenvalue weighted by Gasteiger charge is -2.33. The van der Waals surface area contributed by atoms with Crippen LogP contribution >= 0.6 is 0 Å². The Bertz CT molecular complexity index is 1560. The first kappa shape index (κ1) is 33.8. The molecule has 0 aliphatic rings. The number of carbonyl (C=O) groups excluding carboxylic acids is 2. The van der Waals surface area contributed by atoms with E-state index in [9.17, 15) is 18.0 Å². The van der Waals surface area contributed by atoms with Crippen LogP contribution in [0.3, 0.4) is 0 Å². The van der Waals surface area contributed by atoms with Gasteiger partial charge in [-0.1, -0.05) is 19.1 Å². The summed E-state index contributed by atoms with van der Waals surface area (Å²) in [4.78, 5) is 28.4. The van der Waals surface area contributed by atoms with Crippen molar-refractivity contribution in [1.29, 1.82) is 0 Å². The van der Waals surface area contributed by atoms with Gasteiger partial charge in [-0.3, -0.25) is 13.9 Å². The Hall–Kier alpha value is -4.65. The predicted octanol–water partition coefficient (Wildman–Crippen LogP) is 3.48. The minimum Gasteiger partial charge on any atom is -0.497 e. The Labute approximate surface area is 258 Å². The lowest BCUT2D eigenvalue weighted by Crippen LogP contribution is -2.51. The van der Waals surface area contributed by atoms with Gasteiger partial charge in [0.2, 0.25) is 11.8 Å². The number of benzene rings is 3. The number of methoxy groups -OCH3 is 5. The Morgan fingerprint density at radius 3 is 2.02 bits per heavy atom. The lowest BCUT2D eigenvalue weighted by molar-refractivity contribution is -0.140. The van der Waals surface area contributed by atoms with E-state index in [1.165, 1.54) is 71.8 Å². The van der Waals surface area contributed by atoms with Gasteiger partial charge >= 0.3 is 0 Å². The van der Waals surface area contributed by atoms with Crippen molar-refractivity contribution in [3.05, 3.63) is 66.2 Å². The highest BCUT2D eigenvalue weighted by Crippen LogP contribution is 2.38. The number of anilines is 1. The van der Waals surface area contributed by atoms with E-state index in [4.69, 9.17) is 23.7 Å². The highest BCUT2D eigenvalue weighted by atomic mass is 32.2. The van der Waals surface area contributed by atoms with Crippen molar-refractivity contribution in [2.75, 3.05) is 53.4 Å². The fraction of sp³-hybridized carbons (Fsp3) is 0.355. The van der Waals surface area contributed by atoms with Gasteiger partial charge in [0.05, 0.1) is 46.1 Å². The first-order valence-electron chi connectivity index (χ1n) is 13.7. The molecule has 0 heterocycles. The molecule has 44 heavy (non-hydrogen) atoms. The number of hydrogen-bond acceptors (Lipinski definition) is 9. The van der Waals surface area contributed by atoms with Crippen molar-refractivity contribution in [1.82, 2.24) is 10.2 Å². The molecular formula is C31H39N3O9S. The van der Waals surface area contributed by atoms with Crippen molar-refractivity contribution in [2.24, 2.45) is 0 Å². The van der Waals surface area contributed by atoms with E-state index >= 15 is 0 Å². The van der Waals surface area contributed by atoms with Gasteiger partial charge in [0.15, 0.2) is 11.5 Å². The third kappa shape index (κ3) is 7.46. The van der Waals surface area contributed by atoms with Gasteiger partial charge in [0.1, 0.15) is 29.8 Å². The van der Waals surface area contributed by atoms with Crippen molar-refractivity contribution in [2.45, 2.75) is 30.8 Å². The molecule has 0 spiro atoms. The van der Waals surface area contributed by atoms with Crippen LogP contribution in [0.1, 0.15) is 18.9 Å². The normalized spacial score (nSPS) is 11.6. The standard InChI is InChI=1S/C31H39N3O9S/c1-8-25(31(36)32-2)33(19-21-10-9-11-22(16-21)39-3)30(35)20-34(26-17-23(40-4)12-14-27(26)41-5)44(37,38)24-13-15-28(42-6)29(18-24)43-7/h9-18,25H,8,19-20H2,1-7H3,(H,32,36). The van der Waals surface area contributed by atoms with E-state index in [0.717, 1.165) is 4.31 Å². The zero-order valence-electron chi connectivity index (χ0n) is 25.9. The van der Waals surface area contributed by atoms with Crippen LogP contribution in [0, 0.1) is 0 Å². The number of amides is 2. The van der Waals surface area contributed by atoms with Crippen LogP contribution in [0.25, 0.3) is 0 Å². The molecule has 0 bridgehead atoms. The molecular weight excluding hydrogens is 590 g/mol. The van der Waals surface area contributed by atoms with E-state index in [0.29, 0.717) is 22.8 Å². The molecule has 0 saturated heterocycles. The summed E-state index contributed by atoms with van der Waals surface area (Å²) in [6.45, 7) is 1.12. The second-order valence-corrected chi connectivity index (χ2v) is 11.3. The highest BCUT2D eigenvalue weighted by molar-refractivity contribution is 7.92. The molecule has 3 rings (SSSR count). The van der Waals surface area contributed by atoms with Gasteiger partial charge in [-0.2, -0.15) is 0 Å². The molecule has 1 unspecified atom stereocenters. The van der Waals surface area contributed by atoms with Crippen LogP contribution in [0.15, 0.2) is 65.6 Å². The molecule has 238 valence electrons. The van der Waals surface area contributed by atoms with Gasteiger partial charge < -0.3 is 33.9 Å². The number of carbonyl (C=O) groups is 2. The zero-order valence-corrected chi connectivity index (χ0v) is 26.8. The molecule has 3 aromatic carbocycles. The maximum atomic E-state index is 14.4. The molecule has 1 atom stereocenters. The topological polar surface area (TPSA) is 133 Å². The molecule has 2 amide bonds. The molecule has 0 aromatic heterocycles. The number of nitrogens with zero attached hydrogens (tertiary/aromatic N) is 2. The number of ether oxygens (including phenoxy) is 5. The minimum atomic E-state index is -4.45. The SMILES string of the molecule is CCC(C(=O)NC)N(Cc1cccc(OC)c1)C(=O)CN(c1cc(OC)ccc1OC)S(=O)(=O)c1ccc(OC)c(OC)c1. The summed E-state index contributed by atoms with van der Waals surface area (Å²) in [6, 6.07) is 14.9. The molecule has 0 aliphatic carbocycles. The summed E-state index contributed by atoms with van der Waals surface area (Å²) in [5.74, 6) is 0.582. The minimum absolute atomic E-state index is 0.0153. The van der Waals surface area contributed by atoms with Crippen LogP contribution in [0.5, 0.6) is 28.7 Å². The molecule has 0 radical (unpaired) electrons. The maximum absolute atomic E-state index is 14.4. The van der Waals surface area contributed by atoms with Gasteiger partial charge in [0, 0.05) is 25.7 Å². The molecule has 0 aliphatic heterocycles. The summed E-state index contributed by atoms with van der Waals surface area (Å²) < 4.78 is 56.5. The fourth-order valence-corrected chi connectivity index (χ4v) is 6.10. The second-order valence-electron chi connectivity index (χ2n) is 9.48. The number of rotatable bonds is 15. The number of nitrogens with one attached hydrogen (secondary N) is 1. The van der Waals surface area contributed by atoms with Gasteiger partial charge in [0.25, 0.3) is 10.0 Å². The Morgan fingerprint density at radius 2 is 1.43 bits per heavy atom. The molecule has 0 saturated carbocycles. The Morgan fingerprint density at radius 1 is 0.795 bits per heavy atom. The van der Waals surface area contributed by atoms with Crippen molar-refractivity contribution in [3.8, 4) is 28.7 Å². The maximum Gasteiger partial charge on any atom is 0.265 e. The van der Waals surface area contributed by atoms with E-state index < -0.39 is 34.4 Å². The van der Waals surface area contributed by atoms with Gasteiger partial charge in [-0.05, 0) is 48.4 Å². The fourth-order valence-electron chi connectivity index (χ4n) is 4.66. The first-order valence-corrected chi connectivity index (χ1v) is 15.1. The molecule has 1 N–H and O–H groups in total. The number of sulfonamides is 1. The van der Waals surface area contributed by atoms with E-state index in [1.54, 1.807) is 43.3 Å². The van der Waals surface area contributed by atoms with Crippen LogP contribution < -0.4 is 33.3 Å². The second kappa shape index (κ2) is 15.2. The third-order valence-electron chi connectivity index (χ3n) is 7.00. The Kier molecular flexibility index (Phi) is 11.7. The number of likely N-dealkylation sites (N-methyl/N-ethyl adjacent to an activating group) is 1. The zero-order chi connectivity index (χ0) is 32.4. The average molecular weight is 630 g/mol. The lowest BCUT2D eigenvalue weighted by atomic mass is 10.1. The largest absolute Gasteiger partial charge is 0.497 e. The predicted molar refractivity (Wildman–Crippen MR) is 165 cm³/mol. The Balaban J connectivity index is 2.20. The summed E-state index contributed by atoms with van der Waals surface area (Å²) in [5.41, 5.74) is 0.748. The highest BCUT2D eigenvalue weighted by Gasteiger charge is 2.35. The van der Waals surface area contributed by atoms with Gasteiger partial charge in [-0.15, -0.1) is 0 Å². The van der Waals surface area contributed by atoms with E-state index in [1.807, 2.05) is 0 Å². The first-order chi connectivity index (χ1) is 21.1. The van der Waals surface area contributed by atoms with Crippen LogP contribution in [0.2, 0.25) is 0 Å².